The van der Waals surface area contributed by atoms with Crippen LogP contribution in [0.4, 0.5) is 10.1 Å². The molecule has 0 spiro atoms. The molecule has 2 amide bonds. The minimum atomic E-state index is -0.435. The number of para-hydroxylation sites is 1. The molecule has 1 atom stereocenters. The minimum Gasteiger partial charge on any atom is -0.343 e. The second kappa shape index (κ2) is 7.55. The molecule has 1 aromatic rings. The summed E-state index contributed by atoms with van der Waals surface area (Å²) in [5.41, 5.74) is 0.204. The van der Waals surface area contributed by atoms with Gasteiger partial charge in [0, 0.05) is 33.1 Å². The largest absolute Gasteiger partial charge is 0.343 e. The Hall–Kier alpha value is -1.95. The Bertz CT molecular complexity index is 571. The van der Waals surface area contributed by atoms with Crippen LogP contribution in [0.25, 0.3) is 0 Å². The maximum Gasteiger partial charge on any atom is 0.241 e. The SMILES string of the molecule is CC(=O)N(C)C1CCN([C@@H](C)C(=O)Nc2ccccc2F)CC1. The van der Waals surface area contributed by atoms with Gasteiger partial charge < -0.3 is 10.2 Å². The van der Waals surface area contributed by atoms with Crippen LogP contribution in [0, 0.1) is 5.82 Å². The molecule has 1 aliphatic heterocycles. The third-order valence-corrected chi connectivity index (χ3v) is 4.60. The fourth-order valence-corrected chi connectivity index (χ4v) is 2.88. The number of nitrogens with zero attached hydrogens (tertiary/aromatic N) is 2. The molecule has 1 aromatic carbocycles. The van der Waals surface area contributed by atoms with E-state index in [4.69, 9.17) is 0 Å². The molecule has 6 heteroatoms. The van der Waals surface area contributed by atoms with Crippen molar-refractivity contribution in [1.29, 1.82) is 0 Å². The van der Waals surface area contributed by atoms with Crippen molar-refractivity contribution in [2.75, 3.05) is 25.5 Å². The number of hydrogen-bond donors (Lipinski definition) is 1. The molecule has 1 saturated heterocycles. The zero-order valence-electron chi connectivity index (χ0n) is 13.9. The summed E-state index contributed by atoms with van der Waals surface area (Å²) in [5.74, 6) is -0.586. The molecule has 1 heterocycles. The van der Waals surface area contributed by atoms with E-state index in [9.17, 15) is 14.0 Å². The molecule has 2 rings (SSSR count). The Morgan fingerprint density at radius 2 is 1.91 bits per heavy atom. The molecule has 1 fully saturated rings. The molecule has 0 bridgehead atoms. The Morgan fingerprint density at radius 1 is 1.30 bits per heavy atom. The molecular formula is C17H24FN3O2. The van der Waals surface area contributed by atoms with Crippen molar-refractivity contribution >= 4 is 17.5 Å². The van der Waals surface area contributed by atoms with E-state index in [2.05, 4.69) is 10.2 Å². The summed E-state index contributed by atoms with van der Waals surface area (Å²) in [6.07, 6.45) is 1.68. The van der Waals surface area contributed by atoms with Crippen molar-refractivity contribution in [2.45, 2.75) is 38.8 Å². The average Bonchev–Trinajstić information content (AvgIpc) is 2.55. The van der Waals surface area contributed by atoms with Crippen LogP contribution in [0.15, 0.2) is 24.3 Å². The summed E-state index contributed by atoms with van der Waals surface area (Å²) in [6.45, 7) is 4.88. The number of anilines is 1. The van der Waals surface area contributed by atoms with Gasteiger partial charge in [-0.1, -0.05) is 12.1 Å². The predicted octanol–water partition coefficient (Wildman–Crippen LogP) is 2.10. The Morgan fingerprint density at radius 3 is 2.48 bits per heavy atom. The molecule has 0 aromatic heterocycles. The molecule has 1 N–H and O–H groups in total. The average molecular weight is 321 g/mol. The van der Waals surface area contributed by atoms with Gasteiger partial charge in [0.2, 0.25) is 11.8 Å². The van der Waals surface area contributed by atoms with Gasteiger partial charge in [0.15, 0.2) is 0 Å². The smallest absolute Gasteiger partial charge is 0.241 e. The van der Waals surface area contributed by atoms with Crippen LogP contribution in [0.2, 0.25) is 0 Å². The first-order valence-corrected chi connectivity index (χ1v) is 7.93. The van der Waals surface area contributed by atoms with Crippen molar-refractivity contribution in [3.05, 3.63) is 30.1 Å². The Kier molecular flexibility index (Phi) is 5.71. The molecule has 0 aliphatic carbocycles. The fourth-order valence-electron chi connectivity index (χ4n) is 2.88. The van der Waals surface area contributed by atoms with Crippen molar-refractivity contribution in [2.24, 2.45) is 0 Å². The molecule has 0 radical (unpaired) electrons. The van der Waals surface area contributed by atoms with Gasteiger partial charge in [-0.25, -0.2) is 4.39 Å². The molecule has 0 unspecified atom stereocenters. The molecule has 1 aliphatic rings. The summed E-state index contributed by atoms with van der Waals surface area (Å²) in [5, 5.41) is 2.64. The van der Waals surface area contributed by atoms with E-state index < -0.39 is 5.82 Å². The van der Waals surface area contributed by atoms with Crippen LogP contribution in [0.1, 0.15) is 26.7 Å². The Labute approximate surface area is 136 Å². The second-order valence-corrected chi connectivity index (χ2v) is 6.04. The zero-order valence-corrected chi connectivity index (χ0v) is 13.9. The van der Waals surface area contributed by atoms with Crippen LogP contribution in [0.5, 0.6) is 0 Å². The summed E-state index contributed by atoms with van der Waals surface area (Å²) in [4.78, 5) is 27.6. The summed E-state index contributed by atoms with van der Waals surface area (Å²) >= 11 is 0. The van der Waals surface area contributed by atoms with E-state index in [0.29, 0.717) is 0 Å². The zero-order chi connectivity index (χ0) is 17.0. The van der Waals surface area contributed by atoms with E-state index in [-0.39, 0.29) is 29.6 Å². The third-order valence-electron chi connectivity index (χ3n) is 4.60. The quantitative estimate of drug-likeness (QED) is 0.924. The van der Waals surface area contributed by atoms with E-state index >= 15 is 0 Å². The number of hydrogen-bond acceptors (Lipinski definition) is 3. The topological polar surface area (TPSA) is 52.7 Å². The van der Waals surface area contributed by atoms with Crippen LogP contribution >= 0.6 is 0 Å². The van der Waals surface area contributed by atoms with Gasteiger partial charge in [-0.05, 0) is 31.9 Å². The second-order valence-electron chi connectivity index (χ2n) is 6.04. The fraction of sp³-hybridized carbons (Fsp3) is 0.529. The number of rotatable bonds is 4. The summed E-state index contributed by atoms with van der Waals surface area (Å²) in [7, 11) is 1.82. The summed E-state index contributed by atoms with van der Waals surface area (Å²) < 4.78 is 13.6. The number of carbonyl (C=O) groups excluding carboxylic acids is 2. The lowest BCUT2D eigenvalue weighted by Crippen LogP contribution is -2.50. The van der Waals surface area contributed by atoms with Crippen molar-refractivity contribution in [1.82, 2.24) is 9.80 Å². The van der Waals surface area contributed by atoms with E-state index in [1.165, 1.54) is 6.07 Å². The monoisotopic (exact) mass is 321 g/mol. The number of piperidine rings is 1. The van der Waals surface area contributed by atoms with Gasteiger partial charge in [0.1, 0.15) is 5.82 Å². The number of halogens is 1. The predicted molar refractivity (Wildman–Crippen MR) is 87.5 cm³/mol. The third kappa shape index (κ3) is 4.28. The van der Waals surface area contributed by atoms with Gasteiger partial charge >= 0.3 is 0 Å². The lowest BCUT2D eigenvalue weighted by molar-refractivity contribution is -0.131. The van der Waals surface area contributed by atoms with Gasteiger partial charge in [0.05, 0.1) is 11.7 Å². The molecule has 5 nitrogen and oxygen atoms in total. The molecular weight excluding hydrogens is 297 g/mol. The lowest BCUT2D eigenvalue weighted by atomic mass is 10.0. The number of amides is 2. The lowest BCUT2D eigenvalue weighted by Gasteiger charge is -2.38. The van der Waals surface area contributed by atoms with Crippen molar-refractivity contribution in [3.63, 3.8) is 0 Å². The first-order chi connectivity index (χ1) is 10.9. The van der Waals surface area contributed by atoms with Gasteiger partial charge in [0.25, 0.3) is 0 Å². The van der Waals surface area contributed by atoms with Gasteiger partial charge in [-0.3, -0.25) is 14.5 Å². The van der Waals surface area contributed by atoms with Crippen molar-refractivity contribution < 1.29 is 14.0 Å². The first-order valence-electron chi connectivity index (χ1n) is 7.93. The van der Waals surface area contributed by atoms with E-state index in [1.807, 2.05) is 14.0 Å². The molecule has 126 valence electrons. The van der Waals surface area contributed by atoms with Crippen LogP contribution < -0.4 is 5.32 Å². The molecule has 23 heavy (non-hydrogen) atoms. The van der Waals surface area contributed by atoms with Crippen LogP contribution in [-0.4, -0.2) is 53.8 Å². The minimum absolute atomic E-state index is 0.0637. The maximum absolute atomic E-state index is 13.6. The highest BCUT2D eigenvalue weighted by Gasteiger charge is 2.29. The normalized spacial score (nSPS) is 17.6. The highest BCUT2D eigenvalue weighted by Crippen LogP contribution is 2.19. The first kappa shape index (κ1) is 17.4. The van der Waals surface area contributed by atoms with Gasteiger partial charge in [-0.15, -0.1) is 0 Å². The van der Waals surface area contributed by atoms with Gasteiger partial charge in [-0.2, -0.15) is 0 Å². The number of carbonyl (C=O) groups is 2. The molecule has 0 saturated carbocycles. The number of nitrogens with one attached hydrogen (secondary N) is 1. The van der Waals surface area contributed by atoms with Crippen molar-refractivity contribution in [3.8, 4) is 0 Å². The van der Waals surface area contributed by atoms with Crippen LogP contribution in [0.3, 0.4) is 0 Å². The van der Waals surface area contributed by atoms with E-state index in [1.54, 1.807) is 30.0 Å². The standard InChI is InChI=1S/C17H24FN3O2/c1-12(17(23)19-16-7-5-4-6-15(16)18)21-10-8-14(9-11-21)20(3)13(2)22/h4-7,12,14H,8-11H2,1-3H3,(H,19,23)/t12-/m0/s1. The van der Waals surface area contributed by atoms with Crippen LogP contribution in [-0.2, 0) is 9.59 Å². The number of likely N-dealkylation sites (tertiary alicyclic amines) is 1. The summed E-state index contributed by atoms with van der Waals surface area (Å²) in [6, 6.07) is 6.04. The highest BCUT2D eigenvalue weighted by molar-refractivity contribution is 5.94. The number of benzene rings is 1. The van der Waals surface area contributed by atoms with E-state index in [0.717, 1.165) is 25.9 Å². The maximum atomic E-state index is 13.6. The Balaban J connectivity index is 1.89. The highest BCUT2D eigenvalue weighted by atomic mass is 19.1.